The van der Waals surface area contributed by atoms with Gasteiger partial charge in [-0.3, -0.25) is 0 Å². The highest BCUT2D eigenvalue weighted by atomic mass is 32.2. The lowest BCUT2D eigenvalue weighted by Crippen LogP contribution is -2.50. The summed E-state index contributed by atoms with van der Waals surface area (Å²) >= 11 is 0. The molecule has 4 rings (SSSR count). The van der Waals surface area contributed by atoms with Crippen LogP contribution in [-0.2, 0) is 21.4 Å². The van der Waals surface area contributed by atoms with E-state index in [0.29, 0.717) is 19.6 Å². The fraction of sp³-hybridized carbons (Fsp3) is 0.429. The van der Waals surface area contributed by atoms with Crippen molar-refractivity contribution in [1.82, 2.24) is 19.3 Å². The van der Waals surface area contributed by atoms with Crippen LogP contribution in [0, 0.1) is 5.82 Å². The zero-order chi connectivity index (χ0) is 16.0. The van der Waals surface area contributed by atoms with Gasteiger partial charge in [0.2, 0.25) is 10.0 Å². The van der Waals surface area contributed by atoms with E-state index in [-0.39, 0.29) is 23.6 Å². The monoisotopic (exact) mass is 338 g/mol. The molecule has 2 aliphatic heterocycles. The number of halogens is 1. The molecule has 1 fully saturated rings. The zero-order valence-corrected chi connectivity index (χ0v) is 13.0. The van der Waals surface area contributed by atoms with E-state index in [0.717, 1.165) is 11.8 Å². The molecule has 9 heteroatoms. The molecule has 2 unspecified atom stereocenters. The molecule has 1 aromatic carbocycles. The molecule has 0 saturated carbocycles. The molecule has 0 N–H and O–H groups in total. The van der Waals surface area contributed by atoms with Crippen molar-refractivity contribution in [3.63, 3.8) is 0 Å². The summed E-state index contributed by atoms with van der Waals surface area (Å²) in [6.07, 6.45) is 1.96. The quantitative estimate of drug-likeness (QED) is 0.815. The Morgan fingerprint density at radius 2 is 2.22 bits per heavy atom. The summed E-state index contributed by atoms with van der Waals surface area (Å²) in [7, 11) is -3.73. The van der Waals surface area contributed by atoms with Crippen molar-refractivity contribution in [3.8, 4) is 0 Å². The van der Waals surface area contributed by atoms with Gasteiger partial charge in [-0.05, 0) is 24.6 Å². The Hall–Kier alpha value is -1.84. The number of hydrogen-bond donors (Lipinski definition) is 0. The van der Waals surface area contributed by atoms with E-state index in [4.69, 9.17) is 4.74 Å². The third-order valence-corrected chi connectivity index (χ3v) is 6.19. The normalized spacial score (nSPS) is 24.9. The maximum absolute atomic E-state index is 13.3. The van der Waals surface area contributed by atoms with Crippen molar-refractivity contribution >= 4 is 10.0 Å². The van der Waals surface area contributed by atoms with Crippen molar-refractivity contribution in [2.24, 2.45) is 0 Å². The molecule has 0 spiro atoms. The highest BCUT2D eigenvalue weighted by molar-refractivity contribution is 7.89. The van der Waals surface area contributed by atoms with Crippen LogP contribution in [0.25, 0.3) is 0 Å². The Kier molecular flexibility index (Phi) is 3.43. The highest BCUT2D eigenvalue weighted by Crippen LogP contribution is 2.32. The first-order valence-corrected chi connectivity index (χ1v) is 8.76. The van der Waals surface area contributed by atoms with Gasteiger partial charge in [0.1, 0.15) is 5.82 Å². The summed E-state index contributed by atoms with van der Waals surface area (Å²) in [6, 6.07) is 5.05. The lowest BCUT2D eigenvalue weighted by atomic mass is 10.0. The number of fused-ring (bicyclic) bond motifs is 3. The third kappa shape index (κ3) is 2.44. The van der Waals surface area contributed by atoms with Gasteiger partial charge in [-0.2, -0.15) is 4.31 Å². The van der Waals surface area contributed by atoms with Gasteiger partial charge in [-0.15, -0.1) is 5.10 Å². The third-order valence-electron chi connectivity index (χ3n) is 4.33. The number of piperidine rings is 1. The van der Waals surface area contributed by atoms with Crippen molar-refractivity contribution in [1.29, 1.82) is 0 Å². The maximum Gasteiger partial charge on any atom is 0.243 e. The minimum atomic E-state index is -3.73. The SMILES string of the molecule is O=S(=O)(c1cccc(F)c1)N1CCC2C(C1)OCc1cnnn12. The van der Waals surface area contributed by atoms with Crippen LogP contribution in [0.5, 0.6) is 0 Å². The van der Waals surface area contributed by atoms with Gasteiger partial charge in [-0.25, -0.2) is 17.5 Å². The van der Waals surface area contributed by atoms with E-state index < -0.39 is 15.8 Å². The molecule has 7 nitrogen and oxygen atoms in total. The molecule has 1 aromatic heterocycles. The second kappa shape index (κ2) is 5.36. The molecule has 0 aliphatic carbocycles. The maximum atomic E-state index is 13.3. The Morgan fingerprint density at radius 3 is 3.04 bits per heavy atom. The first kappa shape index (κ1) is 14.7. The summed E-state index contributed by atoms with van der Waals surface area (Å²) < 4.78 is 47.6. The van der Waals surface area contributed by atoms with E-state index in [1.165, 1.54) is 22.5 Å². The van der Waals surface area contributed by atoms with Crippen molar-refractivity contribution in [2.75, 3.05) is 13.1 Å². The second-order valence-corrected chi connectivity index (χ2v) is 7.63. The number of ether oxygens (including phenoxy) is 1. The number of hydrogen-bond acceptors (Lipinski definition) is 5. The highest BCUT2D eigenvalue weighted by Gasteiger charge is 2.40. The molecule has 2 aromatic rings. The van der Waals surface area contributed by atoms with Crippen molar-refractivity contribution < 1.29 is 17.5 Å². The summed E-state index contributed by atoms with van der Waals surface area (Å²) in [6.45, 7) is 0.924. The van der Waals surface area contributed by atoms with Crippen molar-refractivity contribution in [3.05, 3.63) is 42.0 Å². The lowest BCUT2D eigenvalue weighted by molar-refractivity contribution is -0.0544. The molecule has 0 bridgehead atoms. The molecule has 0 amide bonds. The first-order chi connectivity index (χ1) is 11.1. The van der Waals surface area contributed by atoms with Gasteiger partial charge in [0, 0.05) is 13.1 Å². The van der Waals surface area contributed by atoms with Crippen LogP contribution < -0.4 is 0 Å². The molecular weight excluding hydrogens is 323 g/mol. The largest absolute Gasteiger partial charge is 0.368 e. The van der Waals surface area contributed by atoms with Crippen LogP contribution in [0.1, 0.15) is 18.2 Å². The fourth-order valence-corrected chi connectivity index (χ4v) is 4.65. The predicted octanol–water partition coefficient (Wildman–Crippen LogP) is 0.952. The summed E-state index contributed by atoms with van der Waals surface area (Å²) in [5, 5.41) is 7.95. The topological polar surface area (TPSA) is 77.3 Å². The number of sulfonamides is 1. The Labute approximate surface area is 132 Å². The average Bonchev–Trinajstić information content (AvgIpc) is 3.03. The van der Waals surface area contributed by atoms with Gasteiger partial charge in [0.05, 0.1) is 35.5 Å². The van der Waals surface area contributed by atoms with Crippen LogP contribution in [-0.4, -0.2) is 46.9 Å². The lowest BCUT2D eigenvalue weighted by Gasteiger charge is -2.40. The second-order valence-electron chi connectivity index (χ2n) is 5.70. The van der Waals surface area contributed by atoms with Crippen LogP contribution in [0.2, 0.25) is 0 Å². The van der Waals surface area contributed by atoms with Gasteiger partial charge in [0.15, 0.2) is 0 Å². The average molecular weight is 338 g/mol. The van der Waals surface area contributed by atoms with Gasteiger partial charge < -0.3 is 4.74 Å². The van der Waals surface area contributed by atoms with Crippen LogP contribution in [0.15, 0.2) is 35.4 Å². The smallest absolute Gasteiger partial charge is 0.243 e. The number of aromatic nitrogens is 3. The molecule has 23 heavy (non-hydrogen) atoms. The Bertz CT molecular complexity index is 838. The summed E-state index contributed by atoms with van der Waals surface area (Å²) in [4.78, 5) is -0.0341. The molecular formula is C14H15FN4O3S. The fourth-order valence-electron chi connectivity index (χ4n) is 3.15. The van der Waals surface area contributed by atoms with Gasteiger partial charge in [-0.1, -0.05) is 11.3 Å². The molecule has 122 valence electrons. The Morgan fingerprint density at radius 1 is 1.35 bits per heavy atom. The predicted molar refractivity (Wildman–Crippen MR) is 77.4 cm³/mol. The standard InChI is InChI=1S/C14H15FN4O3S/c15-10-2-1-3-12(6-10)23(20,21)18-5-4-13-14(8-18)22-9-11-7-16-17-19(11)13/h1-3,6-7,13-14H,4-5,8-9H2. The minimum absolute atomic E-state index is 0.0137. The van der Waals surface area contributed by atoms with E-state index in [9.17, 15) is 12.8 Å². The van der Waals surface area contributed by atoms with Gasteiger partial charge in [0.25, 0.3) is 0 Å². The molecule has 2 atom stereocenters. The van der Waals surface area contributed by atoms with Crippen LogP contribution in [0.3, 0.4) is 0 Å². The van der Waals surface area contributed by atoms with Crippen LogP contribution >= 0.6 is 0 Å². The van der Waals surface area contributed by atoms with Crippen molar-refractivity contribution in [2.45, 2.75) is 30.1 Å². The van der Waals surface area contributed by atoms with Gasteiger partial charge >= 0.3 is 0 Å². The number of nitrogens with zero attached hydrogens (tertiary/aromatic N) is 4. The molecule has 1 saturated heterocycles. The molecule has 3 heterocycles. The molecule has 0 radical (unpaired) electrons. The first-order valence-electron chi connectivity index (χ1n) is 7.32. The Balaban J connectivity index is 1.59. The zero-order valence-electron chi connectivity index (χ0n) is 12.2. The minimum Gasteiger partial charge on any atom is -0.368 e. The van der Waals surface area contributed by atoms with E-state index >= 15 is 0 Å². The molecule has 2 aliphatic rings. The number of rotatable bonds is 2. The summed E-state index contributed by atoms with van der Waals surface area (Å²) in [5.41, 5.74) is 0.896. The van der Waals surface area contributed by atoms with E-state index in [1.807, 2.05) is 4.68 Å². The van der Waals surface area contributed by atoms with E-state index in [2.05, 4.69) is 10.3 Å². The summed E-state index contributed by atoms with van der Waals surface area (Å²) in [5.74, 6) is -0.567. The van der Waals surface area contributed by atoms with E-state index in [1.54, 1.807) is 6.20 Å². The van der Waals surface area contributed by atoms with Crippen LogP contribution in [0.4, 0.5) is 4.39 Å². The number of benzene rings is 1.